The van der Waals surface area contributed by atoms with Gasteiger partial charge in [-0.1, -0.05) is 36.4 Å². The molecule has 4 nitrogen and oxygen atoms in total. The van der Waals surface area contributed by atoms with Gasteiger partial charge in [-0.15, -0.1) is 0 Å². The van der Waals surface area contributed by atoms with Gasteiger partial charge in [0.05, 0.1) is 24.2 Å². The average molecular weight is 388 g/mol. The molecular weight excluding hydrogens is 358 g/mol. The summed E-state index contributed by atoms with van der Waals surface area (Å²) in [4.78, 5) is 2.31. The van der Waals surface area contributed by atoms with Gasteiger partial charge in [0.2, 0.25) is 0 Å². The Morgan fingerprint density at radius 2 is 1.34 bits per heavy atom. The fraction of sp³-hybridized carbons (Fsp3) is 0.240. The highest BCUT2D eigenvalue weighted by atomic mass is 16.5. The van der Waals surface area contributed by atoms with Crippen molar-refractivity contribution < 1.29 is 4.74 Å². The van der Waals surface area contributed by atoms with Gasteiger partial charge in [-0.05, 0) is 57.2 Å². The Hall–Kier alpha value is -3.27. The fourth-order valence-corrected chi connectivity index (χ4v) is 3.24. The van der Waals surface area contributed by atoms with E-state index < -0.39 is 0 Å². The van der Waals surface area contributed by atoms with Crippen molar-refractivity contribution in [1.82, 2.24) is 0 Å². The van der Waals surface area contributed by atoms with E-state index in [0.29, 0.717) is 6.61 Å². The van der Waals surface area contributed by atoms with Gasteiger partial charge in [0.25, 0.3) is 0 Å². The summed E-state index contributed by atoms with van der Waals surface area (Å²) in [5.74, 6) is 0.849. The van der Waals surface area contributed by atoms with Gasteiger partial charge in [-0.25, -0.2) is 5.01 Å². The Bertz CT molecular complexity index is 866. The molecule has 29 heavy (non-hydrogen) atoms. The molecule has 3 aromatic carbocycles. The molecule has 0 atom stereocenters. The van der Waals surface area contributed by atoms with Crippen molar-refractivity contribution in [3.63, 3.8) is 0 Å². The molecule has 0 fully saturated rings. The molecule has 0 saturated heterocycles. The summed E-state index contributed by atoms with van der Waals surface area (Å²) in [5.41, 5.74) is 4.14. The maximum Gasteiger partial charge on any atom is 0.130 e. The van der Waals surface area contributed by atoms with Crippen molar-refractivity contribution in [2.75, 3.05) is 29.6 Å². The van der Waals surface area contributed by atoms with E-state index in [0.717, 1.165) is 35.8 Å². The molecular formula is C25H29N3O. The second-order valence-corrected chi connectivity index (χ2v) is 6.55. The lowest BCUT2D eigenvalue weighted by molar-refractivity contribution is 0.340. The number of nitrogens with zero attached hydrogens (tertiary/aromatic N) is 3. The molecule has 3 rings (SSSR count). The van der Waals surface area contributed by atoms with Crippen molar-refractivity contribution in [2.45, 2.75) is 20.8 Å². The van der Waals surface area contributed by atoms with Crippen molar-refractivity contribution in [2.24, 2.45) is 5.10 Å². The summed E-state index contributed by atoms with van der Waals surface area (Å²) in [6.45, 7) is 8.87. The third-order valence-electron chi connectivity index (χ3n) is 4.74. The highest BCUT2D eigenvalue weighted by Gasteiger charge is 2.10. The maximum absolute atomic E-state index is 5.92. The average Bonchev–Trinajstić information content (AvgIpc) is 2.78. The van der Waals surface area contributed by atoms with Crippen molar-refractivity contribution in [3.05, 3.63) is 84.4 Å². The number of para-hydroxylation sites is 2. The van der Waals surface area contributed by atoms with E-state index in [-0.39, 0.29) is 0 Å². The first kappa shape index (κ1) is 20.5. The molecule has 0 N–H and O–H groups in total. The first-order valence-electron chi connectivity index (χ1n) is 10.2. The molecule has 0 unspecified atom stereocenters. The van der Waals surface area contributed by atoms with Crippen molar-refractivity contribution >= 4 is 23.3 Å². The van der Waals surface area contributed by atoms with Gasteiger partial charge < -0.3 is 9.64 Å². The van der Waals surface area contributed by atoms with Crippen LogP contribution in [-0.2, 0) is 0 Å². The number of rotatable bonds is 9. The van der Waals surface area contributed by atoms with Crippen LogP contribution in [0.5, 0.6) is 5.75 Å². The zero-order valence-electron chi connectivity index (χ0n) is 17.5. The Morgan fingerprint density at radius 1 is 0.759 bits per heavy atom. The summed E-state index contributed by atoms with van der Waals surface area (Å²) < 4.78 is 5.92. The van der Waals surface area contributed by atoms with Gasteiger partial charge >= 0.3 is 0 Å². The van der Waals surface area contributed by atoms with E-state index in [1.54, 1.807) is 0 Å². The highest BCUT2D eigenvalue weighted by molar-refractivity contribution is 5.86. The topological polar surface area (TPSA) is 28.1 Å². The van der Waals surface area contributed by atoms with Crippen LogP contribution in [0.3, 0.4) is 0 Å². The summed E-state index contributed by atoms with van der Waals surface area (Å²) >= 11 is 0. The molecule has 0 aromatic heterocycles. The van der Waals surface area contributed by atoms with E-state index in [9.17, 15) is 0 Å². The van der Waals surface area contributed by atoms with Crippen molar-refractivity contribution in [3.8, 4) is 5.75 Å². The molecule has 0 bridgehead atoms. The van der Waals surface area contributed by atoms with E-state index in [2.05, 4.69) is 61.2 Å². The highest BCUT2D eigenvalue weighted by Crippen LogP contribution is 2.28. The largest absolute Gasteiger partial charge is 0.493 e. The predicted octanol–water partition coefficient (Wildman–Crippen LogP) is 6.10. The van der Waals surface area contributed by atoms with Crippen LogP contribution in [0, 0.1) is 0 Å². The number of benzene rings is 3. The first-order chi connectivity index (χ1) is 14.3. The normalized spacial score (nSPS) is 10.9. The Balaban J connectivity index is 1.96. The minimum Gasteiger partial charge on any atom is -0.493 e. The van der Waals surface area contributed by atoms with E-state index in [4.69, 9.17) is 9.84 Å². The molecule has 0 aliphatic heterocycles. The van der Waals surface area contributed by atoms with Crippen LogP contribution in [0.25, 0.3) is 0 Å². The Kier molecular flexibility index (Phi) is 7.28. The summed E-state index contributed by atoms with van der Waals surface area (Å²) in [5, 5.41) is 6.75. The third-order valence-corrected chi connectivity index (χ3v) is 4.74. The van der Waals surface area contributed by atoms with Crippen LogP contribution in [-0.4, -0.2) is 25.9 Å². The van der Waals surface area contributed by atoms with Gasteiger partial charge in [-0.3, -0.25) is 0 Å². The van der Waals surface area contributed by atoms with E-state index in [1.165, 1.54) is 5.69 Å². The minimum absolute atomic E-state index is 0.615. The SMILES string of the molecule is CCOc1cc(N(CC)CC)ccc1C=NN(c1ccccc1)c1ccccc1. The van der Waals surface area contributed by atoms with Gasteiger partial charge in [-0.2, -0.15) is 5.10 Å². The number of hydrazone groups is 1. The smallest absolute Gasteiger partial charge is 0.130 e. The van der Waals surface area contributed by atoms with Gasteiger partial charge in [0.1, 0.15) is 5.75 Å². The van der Waals surface area contributed by atoms with Crippen LogP contribution in [0.15, 0.2) is 84.0 Å². The van der Waals surface area contributed by atoms with Crippen molar-refractivity contribution in [1.29, 1.82) is 0 Å². The standard InChI is InChI=1S/C25H29N3O/c1-4-27(5-2)24-18-17-21(25(19-24)29-6-3)20-26-28(22-13-9-7-10-14-22)23-15-11-8-12-16-23/h7-20H,4-6H2,1-3H3. The van der Waals surface area contributed by atoms with E-state index in [1.807, 2.05) is 54.5 Å². The molecule has 0 aliphatic carbocycles. The molecule has 150 valence electrons. The van der Waals surface area contributed by atoms with Crippen LogP contribution < -0.4 is 14.6 Å². The molecule has 4 heteroatoms. The first-order valence-corrected chi connectivity index (χ1v) is 10.2. The second kappa shape index (κ2) is 10.3. The Labute approximate surface area is 174 Å². The van der Waals surface area contributed by atoms with E-state index >= 15 is 0 Å². The molecule has 0 aliphatic rings. The number of anilines is 3. The zero-order chi connectivity index (χ0) is 20.5. The Morgan fingerprint density at radius 3 is 1.86 bits per heavy atom. The lowest BCUT2D eigenvalue weighted by Crippen LogP contribution is -2.21. The fourth-order valence-electron chi connectivity index (χ4n) is 3.24. The molecule has 0 saturated carbocycles. The summed E-state index contributed by atoms with van der Waals surface area (Å²) in [7, 11) is 0. The molecule has 3 aromatic rings. The summed E-state index contributed by atoms with van der Waals surface area (Å²) in [6, 6.07) is 26.6. The van der Waals surface area contributed by atoms with Crippen LogP contribution >= 0.6 is 0 Å². The maximum atomic E-state index is 5.92. The monoisotopic (exact) mass is 387 g/mol. The van der Waals surface area contributed by atoms with Crippen LogP contribution in [0.2, 0.25) is 0 Å². The van der Waals surface area contributed by atoms with Gasteiger partial charge in [0, 0.05) is 30.4 Å². The zero-order valence-corrected chi connectivity index (χ0v) is 17.5. The molecule has 0 heterocycles. The quantitative estimate of drug-likeness (QED) is 0.328. The van der Waals surface area contributed by atoms with Crippen LogP contribution in [0.1, 0.15) is 26.3 Å². The molecule has 0 radical (unpaired) electrons. The summed E-state index contributed by atoms with van der Waals surface area (Å²) in [6.07, 6.45) is 1.87. The molecule has 0 amide bonds. The number of hydrogen-bond donors (Lipinski definition) is 0. The number of hydrogen-bond acceptors (Lipinski definition) is 4. The minimum atomic E-state index is 0.615. The lowest BCUT2D eigenvalue weighted by Gasteiger charge is -2.22. The second-order valence-electron chi connectivity index (χ2n) is 6.55. The third kappa shape index (κ3) is 5.17. The van der Waals surface area contributed by atoms with Gasteiger partial charge in [0.15, 0.2) is 0 Å². The number of ether oxygens (including phenoxy) is 1. The predicted molar refractivity (Wildman–Crippen MR) is 124 cm³/mol. The molecule has 0 spiro atoms. The van der Waals surface area contributed by atoms with Crippen LogP contribution in [0.4, 0.5) is 17.1 Å². The lowest BCUT2D eigenvalue weighted by atomic mass is 10.1.